The van der Waals surface area contributed by atoms with Gasteiger partial charge in [0.2, 0.25) is 0 Å². The monoisotopic (exact) mass is 642 g/mol. The Bertz CT molecular complexity index is 1630. The van der Waals surface area contributed by atoms with Gasteiger partial charge in [-0.25, -0.2) is 4.79 Å². The van der Waals surface area contributed by atoms with Crippen molar-refractivity contribution >= 4 is 35.3 Å². The molecule has 4 aromatic carbocycles. The molecule has 0 aliphatic heterocycles. The van der Waals surface area contributed by atoms with Crippen LogP contribution in [0.15, 0.2) is 97.1 Å². The van der Waals surface area contributed by atoms with E-state index in [4.69, 9.17) is 26.2 Å². The fraction of sp³-hybridized carbons (Fsp3) is 0.270. The minimum Gasteiger partial charge on any atom is -0.481 e. The van der Waals surface area contributed by atoms with Gasteiger partial charge in [0.15, 0.2) is 5.75 Å². The fourth-order valence-electron chi connectivity index (χ4n) is 4.77. The lowest BCUT2D eigenvalue weighted by atomic mass is 10.0. The van der Waals surface area contributed by atoms with E-state index < -0.39 is 17.7 Å². The second-order valence-corrected chi connectivity index (χ2v) is 12.3. The number of alkyl carbamates (subject to hydrolysis) is 1. The van der Waals surface area contributed by atoms with Crippen molar-refractivity contribution in [3.63, 3.8) is 0 Å². The van der Waals surface area contributed by atoms with Gasteiger partial charge in [-0.3, -0.25) is 9.59 Å². The molecule has 46 heavy (non-hydrogen) atoms. The number of nitrogens with one attached hydrogen (secondary N) is 1. The van der Waals surface area contributed by atoms with Gasteiger partial charge in [0.25, 0.3) is 5.91 Å². The molecule has 0 heterocycles. The van der Waals surface area contributed by atoms with E-state index in [0.717, 1.165) is 16.7 Å². The van der Waals surface area contributed by atoms with Crippen molar-refractivity contribution in [3.05, 3.63) is 113 Å². The largest absolute Gasteiger partial charge is 0.481 e. The lowest BCUT2D eigenvalue weighted by molar-refractivity contribution is -0.137. The lowest BCUT2D eigenvalue weighted by Gasteiger charge is -2.26. The summed E-state index contributed by atoms with van der Waals surface area (Å²) in [4.78, 5) is 38.9. The fourth-order valence-corrected chi connectivity index (χ4v) is 4.94. The number of hydrogen-bond donors (Lipinski definition) is 2. The highest BCUT2D eigenvalue weighted by Gasteiger charge is 2.22. The highest BCUT2D eigenvalue weighted by Crippen LogP contribution is 2.36. The molecule has 0 aliphatic carbocycles. The van der Waals surface area contributed by atoms with E-state index in [1.807, 2.05) is 54.6 Å². The first-order valence-corrected chi connectivity index (χ1v) is 15.6. The summed E-state index contributed by atoms with van der Waals surface area (Å²) < 4.78 is 11.6. The maximum Gasteiger partial charge on any atom is 0.407 e. The van der Waals surface area contributed by atoms with Crippen molar-refractivity contribution in [1.82, 2.24) is 5.32 Å². The second kappa shape index (κ2) is 16.0. The average molecular weight is 643 g/mol. The molecule has 240 valence electrons. The predicted molar refractivity (Wildman–Crippen MR) is 181 cm³/mol. The van der Waals surface area contributed by atoms with Crippen molar-refractivity contribution in [3.8, 4) is 22.6 Å². The number of carbonyl (C=O) groups is 3. The highest BCUT2D eigenvalue weighted by molar-refractivity contribution is 6.30. The number of carboxylic acid groups (broad SMARTS) is 1. The van der Waals surface area contributed by atoms with Gasteiger partial charge in [-0.05, 0) is 86.7 Å². The van der Waals surface area contributed by atoms with Crippen LogP contribution in [0.5, 0.6) is 11.5 Å². The molecule has 4 aromatic rings. The molecule has 0 aliphatic rings. The van der Waals surface area contributed by atoms with Gasteiger partial charge in [-0.15, -0.1) is 0 Å². The zero-order valence-corrected chi connectivity index (χ0v) is 27.0. The normalized spacial score (nSPS) is 11.0. The van der Waals surface area contributed by atoms with Gasteiger partial charge in [0, 0.05) is 36.2 Å². The van der Waals surface area contributed by atoms with Crippen LogP contribution in [-0.4, -0.2) is 35.2 Å². The molecule has 4 rings (SSSR count). The van der Waals surface area contributed by atoms with Crippen LogP contribution in [0, 0.1) is 0 Å². The number of hydrogen-bond acceptors (Lipinski definition) is 5. The van der Waals surface area contributed by atoms with Crippen molar-refractivity contribution in [2.75, 3.05) is 11.4 Å². The van der Waals surface area contributed by atoms with E-state index in [1.165, 1.54) is 0 Å². The number of unbranched alkanes of at least 4 members (excludes halogenated alkanes) is 2. The van der Waals surface area contributed by atoms with Crippen LogP contribution >= 0.6 is 11.6 Å². The molecule has 0 atom stereocenters. The zero-order chi connectivity index (χ0) is 33.1. The first kappa shape index (κ1) is 34.1. The molecule has 0 saturated carbocycles. The molecule has 2 amide bonds. The molecule has 0 unspecified atom stereocenters. The topological polar surface area (TPSA) is 105 Å². The Hall–Kier alpha value is -4.82. The Morgan fingerprint density at radius 2 is 1.54 bits per heavy atom. The van der Waals surface area contributed by atoms with E-state index in [2.05, 4.69) is 5.32 Å². The van der Waals surface area contributed by atoms with Gasteiger partial charge >= 0.3 is 12.1 Å². The molecule has 9 heteroatoms. The zero-order valence-electron chi connectivity index (χ0n) is 26.3. The summed E-state index contributed by atoms with van der Waals surface area (Å²) >= 11 is 6.40. The van der Waals surface area contributed by atoms with Crippen LogP contribution < -0.4 is 15.0 Å². The second-order valence-electron chi connectivity index (χ2n) is 11.8. The number of aliphatic carboxylic acids is 1. The quantitative estimate of drug-likeness (QED) is 0.141. The molecule has 0 aromatic heterocycles. The Kier molecular flexibility index (Phi) is 11.8. The summed E-state index contributed by atoms with van der Waals surface area (Å²) in [5.74, 6) is -0.193. The smallest absolute Gasteiger partial charge is 0.407 e. The number of ether oxygens (including phenoxy) is 2. The van der Waals surface area contributed by atoms with Gasteiger partial charge in [0.05, 0.1) is 5.69 Å². The van der Waals surface area contributed by atoms with Crippen molar-refractivity contribution in [2.45, 2.75) is 58.6 Å². The van der Waals surface area contributed by atoms with Gasteiger partial charge < -0.3 is 24.8 Å². The number of nitrogens with zero attached hydrogens (tertiary/aromatic N) is 1. The summed E-state index contributed by atoms with van der Waals surface area (Å²) in [6.07, 6.45) is 1.29. The average Bonchev–Trinajstić information content (AvgIpc) is 3.02. The molecule has 0 bridgehead atoms. The van der Waals surface area contributed by atoms with E-state index in [-0.39, 0.29) is 18.9 Å². The van der Waals surface area contributed by atoms with Crippen molar-refractivity contribution in [1.29, 1.82) is 0 Å². The lowest BCUT2D eigenvalue weighted by Crippen LogP contribution is -2.32. The Balaban J connectivity index is 1.58. The number of rotatable bonds is 13. The third kappa shape index (κ3) is 10.4. The van der Waals surface area contributed by atoms with Gasteiger partial charge in [-0.1, -0.05) is 72.6 Å². The van der Waals surface area contributed by atoms with E-state index in [1.54, 1.807) is 68.1 Å². The maximum absolute atomic E-state index is 14.0. The summed E-state index contributed by atoms with van der Waals surface area (Å²) in [7, 11) is 0. The minimum absolute atomic E-state index is 0.0727. The molecule has 0 fully saturated rings. The van der Waals surface area contributed by atoms with E-state index in [0.29, 0.717) is 53.6 Å². The Morgan fingerprint density at radius 3 is 2.24 bits per heavy atom. The summed E-state index contributed by atoms with van der Waals surface area (Å²) in [6, 6.07) is 29.7. The number of benzene rings is 4. The van der Waals surface area contributed by atoms with Crippen LogP contribution in [0.4, 0.5) is 10.5 Å². The number of amides is 2. The van der Waals surface area contributed by atoms with E-state index in [9.17, 15) is 14.4 Å². The van der Waals surface area contributed by atoms with Gasteiger partial charge in [0.1, 0.15) is 11.4 Å². The number of carbonyl (C=O) groups excluding carboxylic acids is 2. The first-order chi connectivity index (χ1) is 22.0. The summed E-state index contributed by atoms with van der Waals surface area (Å²) in [5, 5.41) is 12.2. The molecule has 8 nitrogen and oxygen atoms in total. The summed E-state index contributed by atoms with van der Waals surface area (Å²) in [6.45, 7) is 5.97. The molecular formula is C37H39ClN2O6. The summed E-state index contributed by atoms with van der Waals surface area (Å²) in [5.41, 5.74) is 3.25. The van der Waals surface area contributed by atoms with Crippen LogP contribution in [0.25, 0.3) is 11.1 Å². The SMILES string of the molecule is CC(C)(C)OC(=O)NCc1cccc(Oc2cc(Cl)ccc2N(CCCCCC(=O)O)C(=O)c2ccc(-c3ccccc3)cc2)c1. The number of anilines is 1. The molecular weight excluding hydrogens is 604 g/mol. The first-order valence-electron chi connectivity index (χ1n) is 15.2. The Morgan fingerprint density at radius 1 is 0.826 bits per heavy atom. The van der Waals surface area contributed by atoms with Crippen LogP contribution in [-0.2, 0) is 16.1 Å². The molecule has 2 N–H and O–H groups in total. The minimum atomic E-state index is -0.844. The van der Waals surface area contributed by atoms with Crippen molar-refractivity contribution in [2.24, 2.45) is 0 Å². The highest BCUT2D eigenvalue weighted by atomic mass is 35.5. The molecule has 0 radical (unpaired) electrons. The Labute approximate surface area is 274 Å². The van der Waals surface area contributed by atoms with E-state index >= 15 is 0 Å². The standard InChI is InChI=1S/C37H39ClN2O6/c1-37(2,3)46-36(44)39-25-26-11-10-14-31(23-26)45-33-24-30(38)20-21-32(33)40(22-9-5-8-15-34(41)42)35(43)29-18-16-28(17-19-29)27-12-6-4-7-13-27/h4,6-7,10-14,16-21,23-24H,5,8-9,15,22,25H2,1-3H3,(H,39,44)(H,41,42). The number of carboxylic acids is 1. The third-order valence-electron chi connectivity index (χ3n) is 6.93. The van der Waals surface area contributed by atoms with Gasteiger partial charge in [-0.2, -0.15) is 0 Å². The van der Waals surface area contributed by atoms with Crippen LogP contribution in [0.2, 0.25) is 5.02 Å². The number of halogens is 1. The molecule has 0 saturated heterocycles. The molecule has 0 spiro atoms. The predicted octanol–water partition coefficient (Wildman–Crippen LogP) is 9.12. The van der Waals surface area contributed by atoms with Crippen LogP contribution in [0.3, 0.4) is 0 Å². The van der Waals surface area contributed by atoms with Crippen molar-refractivity contribution < 1.29 is 29.0 Å². The maximum atomic E-state index is 14.0. The van der Waals surface area contributed by atoms with Crippen LogP contribution in [0.1, 0.15) is 62.4 Å². The third-order valence-corrected chi connectivity index (χ3v) is 7.17.